The zero-order chi connectivity index (χ0) is 10.5. The Morgan fingerprint density at radius 2 is 2.33 bits per heavy atom. The van der Waals surface area contributed by atoms with Crippen molar-refractivity contribution in [3.63, 3.8) is 0 Å². The molecule has 3 heteroatoms. The molecule has 1 atom stereocenters. The van der Waals surface area contributed by atoms with Gasteiger partial charge in [0.2, 0.25) is 0 Å². The number of para-hydroxylation sites is 1. The van der Waals surface area contributed by atoms with Gasteiger partial charge in [-0.2, -0.15) is 0 Å². The number of benzene rings is 1. The van der Waals surface area contributed by atoms with Gasteiger partial charge < -0.3 is 10.1 Å². The van der Waals surface area contributed by atoms with Crippen molar-refractivity contribution in [1.82, 2.24) is 0 Å². The highest BCUT2D eigenvalue weighted by Crippen LogP contribution is 2.27. The van der Waals surface area contributed by atoms with Crippen LogP contribution in [0.25, 0.3) is 0 Å². The molecule has 1 aliphatic rings. The van der Waals surface area contributed by atoms with E-state index in [0.29, 0.717) is 6.04 Å². The summed E-state index contributed by atoms with van der Waals surface area (Å²) in [6, 6.07) is 8.98. The first-order chi connectivity index (χ1) is 7.40. The molecule has 1 aliphatic heterocycles. The maximum absolute atomic E-state index is 5.36. The van der Waals surface area contributed by atoms with Crippen LogP contribution >= 0.6 is 11.8 Å². The van der Waals surface area contributed by atoms with Crippen molar-refractivity contribution in [3.05, 3.63) is 24.3 Å². The van der Waals surface area contributed by atoms with E-state index in [4.69, 9.17) is 4.74 Å². The summed E-state index contributed by atoms with van der Waals surface area (Å²) in [4.78, 5) is 1.34. The Balaban J connectivity index is 2.05. The Morgan fingerprint density at radius 1 is 1.47 bits per heavy atom. The molecule has 1 aromatic rings. The molecule has 15 heavy (non-hydrogen) atoms. The van der Waals surface area contributed by atoms with Crippen LogP contribution in [0.15, 0.2) is 29.2 Å². The van der Waals surface area contributed by atoms with Crippen molar-refractivity contribution >= 4 is 17.4 Å². The van der Waals surface area contributed by atoms with Crippen molar-refractivity contribution in [2.75, 3.05) is 24.3 Å². The Labute approximate surface area is 95.4 Å². The second kappa shape index (κ2) is 5.42. The fourth-order valence-corrected chi connectivity index (χ4v) is 2.50. The number of hydrogen-bond acceptors (Lipinski definition) is 3. The number of nitrogens with one attached hydrogen (secondary N) is 1. The van der Waals surface area contributed by atoms with E-state index in [0.717, 1.165) is 25.4 Å². The van der Waals surface area contributed by atoms with E-state index in [-0.39, 0.29) is 0 Å². The molecule has 1 heterocycles. The second-order valence-corrected chi connectivity index (χ2v) is 4.94. The van der Waals surface area contributed by atoms with E-state index in [1.54, 1.807) is 0 Å². The van der Waals surface area contributed by atoms with Crippen LogP contribution in [0, 0.1) is 0 Å². The van der Waals surface area contributed by atoms with Crippen molar-refractivity contribution in [2.45, 2.75) is 24.3 Å². The summed E-state index contributed by atoms with van der Waals surface area (Å²) in [7, 11) is 0. The number of hydrogen-bond donors (Lipinski definition) is 1. The van der Waals surface area contributed by atoms with Gasteiger partial charge in [-0.15, -0.1) is 11.8 Å². The SMILES string of the molecule is CCSc1ccccc1NC1CCOC1. The van der Waals surface area contributed by atoms with Crippen LogP contribution in [0.1, 0.15) is 13.3 Å². The lowest BCUT2D eigenvalue weighted by Gasteiger charge is -2.15. The lowest BCUT2D eigenvalue weighted by atomic mass is 10.2. The maximum Gasteiger partial charge on any atom is 0.0668 e. The third-order valence-corrected chi connectivity index (χ3v) is 3.43. The van der Waals surface area contributed by atoms with Crippen LogP contribution in [-0.4, -0.2) is 25.0 Å². The zero-order valence-electron chi connectivity index (χ0n) is 9.03. The predicted molar refractivity (Wildman–Crippen MR) is 65.7 cm³/mol. The maximum atomic E-state index is 5.36. The first-order valence-electron chi connectivity index (χ1n) is 5.46. The molecular formula is C12H17NOS. The lowest BCUT2D eigenvalue weighted by molar-refractivity contribution is 0.195. The molecule has 1 N–H and O–H groups in total. The summed E-state index contributed by atoms with van der Waals surface area (Å²) < 4.78 is 5.36. The zero-order valence-corrected chi connectivity index (χ0v) is 9.85. The molecule has 0 saturated carbocycles. The fourth-order valence-electron chi connectivity index (χ4n) is 1.74. The normalized spacial score (nSPS) is 20.5. The molecule has 1 saturated heterocycles. The highest BCUT2D eigenvalue weighted by atomic mass is 32.2. The Kier molecular flexibility index (Phi) is 3.92. The predicted octanol–water partition coefficient (Wildman–Crippen LogP) is 3.00. The van der Waals surface area contributed by atoms with Gasteiger partial charge in [-0.3, -0.25) is 0 Å². The van der Waals surface area contributed by atoms with Crippen molar-refractivity contribution in [2.24, 2.45) is 0 Å². The van der Waals surface area contributed by atoms with Gasteiger partial charge in [0.1, 0.15) is 0 Å². The minimum Gasteiger partial charge on any atom is -0.379 e. The first-order valence-corrected chi connectivity index (χ1v) is 6.45. The van der Waals surface area contributed by atoms with Gasteiger partial charge in [-0.05, 0) is 24.3 Å². The van der Waals surface area contributed by atoms with Crippen LogP contribution in [0.5, 0.6) is 0 Å². The molecule has 0 aromatic heterocycles. The lowest BCUT2D eigenvalue weighted by Crippen LogP contribution is -2.19. The van der Waals surface area contributed by atoms with E-state index < -0.39 is 0 Å². The molecule has 0 spiro atoms. The largest absolute Gasteiger partial charge is 0.379 e. The van der Waals surface area contributed by atoms with Crippen molar-refractivity contribution in [1.29, 1.82) is 0 Å². The third-order valence-electron chi connectivity index (χ3n) is 2.48. The average molecular weight is 223 g/mol. The molecule has 82 valence electrons. The molecule has 0 amide bonds. The molecule has 1 unspecified atom stereocenters. The highest BCUT2D eigenvalue weighted by Gasteiger charge is 2.15. The molecule has 2 rings (SSSR count). The van der Waals surface area contributed by atoms with Gasteiger partial charge >= 0.3 is 0 Å². The molecule has 2 nitrogen and oxygen atoms in total. The summed E-state index contributed by atoms with van der Waals surface area (Å²) in [6.45, 7) is 3.91. The molecule has 0 aliphatic carbocycles. The number of rotatable bonds is 4. The van der Waals surface area contributed by atoms with E-state index in [1.165, 1.54) is 10.6 Å². The minimum atomic E-state index is 0.489. The Bertz CT molecular complexity index is 310. The highest BCUT2D eigenvalue weighted by molar-refractivity contribution is 7.99. The summed E-state index contributed by atoms with van der Waals surface area (Å²) in [5.74, 6) is 1.11. The van der Waals surface area contributed by atoms with E-state index in [1.807, 2.05) is 11.8 Å². The standard InChI is InChI=1S/C12H17NOS/c1-2-15-12-6-4-3-5-11(12)13-10-7-8-14-9-10/h3-6,10,13H,2,7-9H2,1H3. The van der Waals surface area contributed by atoms with Gasteiger partial charge in [-0.1, -0.05) is 19.1 Å². The average Bonchev–Trinajstić information content (AvgIpc) is 2.74. The molecule has 1 fully saturated rings. The molecule has 0 bridgehead atoms. The molecule has 1 aromatic carbocycles. The first kappa shape index (κ1) is 10.8. The topological polar surface area (TPSA) is 21.3 Å². The van der Waals surface area contributed by atoms with E-state index in [9.17, 15) is 0 Å². The van der Waals surface area contributed by atoms with Gasteiger partial charge in [-0.25, -0.2) is 0 Å². The van der Waals surface area contributed by atoms with Gasteiger partial charge in [0.15, 0.2) is 0 Å². The summed E-state index contributed by atoms with van der Waals surface area (Å²) in [6.07, 6.45) is 1.12. The Morgan fingerprint density at radius 3 is 3.07 bits per heavy atom. The number of anilines is 1. The van der Waals surface area contributed by atoms with Crippen molar-refractivity contribution in [3.8, 4) is 0 Å². The van der Waals surface area contributed by atoms with Crippen LogP contribution in [0.3, 0.4) is 0 Å². The molecule has 0 radical (unpaired) electrons. The molecular weight excluding hydrogens is 206 g/mol. The van der Waals surface area contributed by atoms with E-state index in [2.05, 4.69) is 36.5 Å². The van der Waals surface area contributed by atoms with Crippen LogP contribution < -0.4 is 5.32 Å². The smallest absolute Gasteiger partial charge is 0.0668 e. The van der Waals surface area contributed by atoms with Gasteiger partial charge in [0.25, 0.3) is 0 Å². The second-order valence-electron chi connectivity index (χ2n) is 3.63. The van der Waals surface area contributed by atoms with Crippen molar-refractivity contribution < 1.29 is 4.74 Å². The van der Waals surface area contributed by atoms with Crippen LogP contribution in [0.2, 0.25) is 0 Å². The van der Waals surface area contributed by atoms with E-state index >= 15 is 0 Å². The quantitative estimate of drug-likeness (QED) is 0.793. The fraction of sp³-hybridized carbons (Fsp3) is 0.500. The Hall–Kier alpha value is -0.670. The summed E-state index contributed by atoms with van der Waals surface area (Å²) in [5.41, 5.74) is 1.25. The van der Waals surface area contributed by atoms with Gasteiger partial charge in [0.05, 0.1) is 12.6 Å². The van der Waals surface area contributed by atoms with Crippen LogP contribution in [0.4, 0.5) is 5.69 Å². The minimum absolute atomic E-state index is 0.489. The third kappa shape index (κ3) is 2.89. The number of thioether (sulfide) groups is 1. The monoisotopic (exact) mass is 223 g/mol. The summed E-state index contributed by atoms with van der Waals surface area (Å²) >= 11 is 1.88. The van der Waals surface area contributed by atoms with Gasteiger partial charge in [0, 0.05) is 17.2 Å². The van der Waals surface area contributed by atoms with Crippen LogP contribution in [-0.2, 0) is 4.74 Å². The number of ether oxygens (including phenoxy) is 1. The summed E-state index contributed by atoms with van der Waals surface area (Å²) in [5, 5.41) is 3.55.